The van der Waals surface area contributed by atoms with E-state index < -0.39 is 27.0 Å². The van der Waals surface area contributed by atoms with Gasteiger partial charge in [-0.05, 0) is 42.7 Å². The molecule has 2 aromatic carbocycles. The number of sulfone groups is 1. The Balaban J connectivity index is 2.09. The second-order valence-electron chi connectivity index (χ2n) is 6.78. The number of aliphatic hydroxyl groups is 1. The van der Waals surface area contributed by atoms with Gasteiger partial charge < -0.3 is 9.84 Å². The van der Waals surface area contributed by atoms with Gasteiger partial charge in [-0.25, -0.2) is 17.2 Å². The second kappa shape index (κ2) is 9.36. The molecule has 0 amide bonds. The lowest BCUT2D eigenvalue weighted by molar-refractivity contribution is 0.251. The maximum atomic E-state index is 13.6. The normalized spacial score (nSPS) is 11.5. The number of hydrogen-bond donors (Lipinski definition) is 1. The van der Waals surface area contributed by atoms with Gasteiger partial charge >= 0.3 is 5.56 Å². The largest absolute Gasteiger partial charge is 0.487 e. The molecule has 1 N–H and O–H groups in total. The van der Waals surface area contributed by atoms with Crippen molar-refractivity contribution in [1.82, 2.24) is 9.78 Å². The Kier molecular flexibility index (Phi) is 6.81. The van der Waals surface area contributed by atoms with Crippen molar-refractivity contribution in [3.05, 3.63) is 70.6 Å². The number of rotatable bonds is 8. The summed E-state index contributed by atoms with van der Waals surface area (Å²) in [6.45, 7) is 0.102. The van der Waals surface area contributed by atoms with Crippen LogP contribution in [0, 0.1) is 11.6 Å². The van der Waals surface area contributed by atoms with Gasteiger partial charge in [0, 0.05) is 24.5 Å². The predicted octanol–water partition coefficient (Wildman–Crippen LogP) is 2.73. The van der Waals surface area contributed by atoms with Gasteiger partial charge in [-0.1, -0.05) is 12.1 Å². The lowest BCUT2D eigenvalue weighted by Crippen LogP contribution is -2.24. The minimum absolute atomic E-state index is 0.0167. The first-order valence-electron chi connectivity index (χ1n) is 9.34. The summed E-state index contributed by atoms with van der Waals surface area (Å²) in [5.74, 6) is -2.26. The van der Waals surface area contributed by atoms with E-state index in [1.807, 2.05) is 0 Å². The van der Waals surface area contributed by atoms with Crippen molar-refractivity contribution in [1.29, 1.82) is 0 Å². The Morgan fingerprint density at radius 1 is 1.06 bits per heavy atom. The van der Waals surface area contributed by atoms with Gasteiger partial charge in [-0.2, -0.15) is 9.78 Å². The number of benzene rings is 2. The van der Waals surface area contributed by atoms with Crippen molar-refractivity contribution in [2.45, 2.75) is 17.7 Å². The fourth-order valence-corrected chi connectivity index (χ4v) is 3.48. The molecule has 0 saturated carbocycles. The Morgan fingerprint density at radius 3 is 2.39 bits per heavy atom. The molecule has 0 atom stereocenters. The predicted molar refractivity (Wildman–Crippen MR) is 110 cm³/mol. The summed E-state index contributed by atoms with van der Waals surface area (Å²) >= 11 is 0. The molecule has 1 heterocycles. The number of hydrogen-bond acceptors (Lipinski definition) is 6. The highest BCUT2D eigenvalue weighted by Gasteiger charge is 2.17. The zero-order chi connectivity index (χ0) is 22.6. The summed E-state index contributed by atoms with van der Waals surface area (Å²) in [5, 5.41) is 13.0. The molecular formula is C21H20F2N2O5S. The molecule has 0 aliphatic heterocycles. The summed E-state index contributed by atoms with van der Waals surface area (Å²) in [6.07, 6.45) is 3.37. The van der Waals surface area contributed by atoms with E-state index in [1.54, 1.807) is 0 Å². The van der Waals surface area contributed by atoms with E-state index in [0.717, 1.165) is 23.1 Å². The van der Waals surface area contributed by atoms with E-state index in [1.165, 1.54) is 36.5 Å². The Hall–Kier alpha value is -3.11. The third-order valence-corrected chi connectivity index (χ3v) is 5.60. The molecule has 0 radical (unpaired) electrons. The number of halogens is 2. The maximum Gasteiger partial charge on any atom is 0.314 e. The monoisotopic (exact) mass is 450 g/mol. The number of aromatic nitrogens is 2. The summed E-state index contributed by atoms with van der Waals surface area (Å²) in [7, 11) is -3.39. The smallest absolute Gasteiger partial charge is 0.314 e. The lowest BCUT2D eigenvalue weighted by Gasteiger charge is -2.14. The molecule has 0 spiro atoms. The van der Waals surface area contributed by atoms with Gasteiger partial charge in [0.1, 0.15) is 0 Å². The van der Waals surface area contributed by atoms with Crippen LogP contribution in [-0.2, 0) is 9.84 Å². The molecule has 0 saturated heterocycles. The Bertz CT molecular complexity index is 1240. The fraction of sp³-hybridized carbons (Fsp3) is 0.238. The highest BCUT2D eigenvalue weighted by molar-refractivity contribution is 7.90. The summed E-state index contributed by atoms with van der Waals surface area (Å²) in [6, 6.07) is 8.80. The first-order chi connectivity index (χ1) is 14.7. The van der Waals surface area contributed by atoms with Crippen LogP contribution in [0.25, 0.3) is 16.8 Å². The molecule has 0 aliphatic carbocycles. The van der Waals surface area contributed by atoms with E-state index >= 15 is 0 Å². The molecule has 3 aromatic rings. The van der Waals surface area contributed by atoms with Gasteiger partial charge in [0.25, 0.3) is 0 Å². The fourth-order valence-electron chi connectivity index (χ4n) is 2.85. The van der Waals surface area contributed by atoms with Crippen LogP contribution >= 0.6 is 0 Å². The SMILES string of the molecule is CS(=O)(=O)c1ccc(-c2cnn(-c3ccc(F)c(F)c3)c(=O)c2OCCCCO)cc1. The van der Waals surface area contributed by atoms with Gasteiger partial charge in [-0.15, -0.1) is 0 Å². The number of unbranched alkanes of at least 4 members (excludes halogenated alkanes) is 1. The van der Waals surface area contributed by atoms with Crippen LogP contribution in [0.3, 0.4) is 0 Å². The van der Waals surface area contributed by atoms with Crippen molar-refractivity contribution in [3.8, 4) is 22.6 Å². The average molecular weight is 450 g/mol. The molecular weight excluding hydrogens is 430 g/mol. The molecule has 0 unspecified atom stereocenters. The van der Waals surface area contributed by atoms with Gasteiger partial charge in [0.05, 0.1) is 23.4 Å². The molecule has 1 aromatic heterocycles. The first-order valence-corrected chi connectivity index (χ1v) is 11.2. The minimum atomic E-state index is -3.39. The van der Waals surface area contributed by atoms with Crippen LogP contribution in [-0.4, -0.2) is 42.8 Å². The van der Waals surface area contributed by atoms with E-state index in [2.05, 4.69) is 5.10 Å². The van der Waals surface area contributed by atoms with Crippen LogP contribution in [0.2, 0.25) is 0 Å². The van der Waals surface area contributed by atoms with Crippen LogP contribution < -0.4 is 10.3 Å². The van der Waals surface area contributed by atoms with Crippen molar-refractivity contribution in [3.63, 3.8) is 0 Å². The quantitative estimate of drug-likeness (QED) is 0.530. The summed E-state index contributed by atoms with van der Waals surface area (Å²) < 4.78 is 56.8. The van der Waals surface area contributed by atoms with Gasteiger partial charge in [0.2, 0.25) is 0 Å². The number of ether oxygens (including phenoxy) is 1. The molecule has 0 bridgehead atoms. The van der Waals surface area contributed by atoms with E-state index in [-0.39, 0.29) is 29.5 Å². The van der Waals surface area contributed by atoms with Crippen molar-refractivity contribution in [2.75, 3.05) is 19.5 Å². The van der Waals surface area contributed by atoms with Crippen molar-refractivity contribution in [2.24, 2.45) is 0 Å². The molecule has 10 heteroatoms. The third-order valence-electron chi connectivity index (χ3n) is 4.47. The molecule has 3 rings (SSSR count). The zero-order valence-electron chi connectivity index (χ0n) is 16.6. The Labute approximate surface area is 177 Å². The van der Waals surface area contributed by atoms with Crippen LogP contribution in [0.4, 0.5) is 8.78 Å². The Morgan fingerprint density at radius 2 is 1.77 bits per heavy atom. The van der Waals surface area contributed by atoms with Crippen LogP contribution in [0.5, 0.6) is 5.75 Å². The van der Waals surface area contributed by atoms with Crippen LogP contribution in [0.15, 0.2) is 58.4 Å². The van der Waals surface area contributed by atoms with Gasteiger partial charge in [-0.3, -0.25) is 4.79 Å². The molecule has 0 aliphatic rings. The third kappa shape index (κ3) is 5.15. The van der Waals surface area contributed by atoms with Gasteiger partial charge in [0.15, 0.2) is 27.2 Å². The number of aliphatic hydroxyl groups excluding tert-OH is 1. The summed E-state index contributed by atoms with van der Waals surface area (Å²) in [5.41, 5.74) is 0.127. The lowest BCUT2D eigenvalue weighted by atomic mass is 10.1. The highest BCUT2D eigenvalue weighted by Crippen LogP contribution is 2.28. The molecule has 0 fully saturated rings. The maximum absolute atomic E-state index is 13.6. The van der Waals surface area contributed by atoms with Crippen molar-refractivity contribution >= 4 is 9.84 Å². The molecule has 7 nitrogen and oxygen atoms in total. The summed E-state index contributed by atoms with van der Waals surface area (Å²) in [4.78, 5) is 13.2. The van der Waals surface area contributed by atoms with E-state index in [9.17, 15) is 22.0 Å². The zero-order valence-corrected chi connectivity index (χ0v) is 17.4. The topological polar surface area (TPSA) is 98.5 Å². The van der Waals surface area contributed by atoms with Crippen molar-refractivity contribution < 1.29 is 27.0 Å². The average Bonchev–Trinajstić information content (AvgIpc) is 2.73. The highest BCUT2D eigenvalue weighted by atomic mass is 32.2. The first kappa shape index (κ1) is 22.6. The standard InChI is InChI=1S/C21H20F2N2O5S/c1-31(28,29)16-7-4-14(5-8-16)17-13-24-25(15-6-9-18(22)19(23)12-15)21(27)20(17)30-11-3-2-10-26/h4-9,12-13,26H,2-3,10-11H2,1H3. The van der Waals surface area contributed by atoms with E-state index in [4.69, 9.17) is 9.84 Å². The molecule has 164 valence electrons. The van der Waals surface area contributed by atoms with Crippen LogP contribution in [0.1, 0.15) is 12.8 Å². The van der Waals surface area contributed by atoms with E-state index in [0.29, 0.717) is 24.0 Å². The molecule has 31 heavy (non-hydrogen) atoms. The minimum Gasteiger partial charge on any atom is -0.487 e. The second-order valence-corrected chi connectivity index (χ2v) is 8.79. The number of nitrogens with zero attached hydrogens (tertiary/aromatic N) is 2.